The van der Waals surface area contributed by atoms with Gasteiger partial charge in [-0.1, -0.05) is 12.8 Å². The van der Waals surface area contributed by atoms with E-state index in [4.69, 9.17) is 0 Å². The van der Waals surface area contributed by atoms with E-state index < -0.39 is 9.84 Å². The molecule has 1 aliphatic carbocycles. The van der Waals surface area contributed by atoms with E-state index in [2.05, 4.69) is 10.2 Å². The van der Waals surface area contributed by atoms with E-state index in [0.717, 1.165) is 25.6 Å². The van der Waals surface area contributed by atoms with Gasteiger partial charge >= 0.3 is 0 Å². The van der Waals surface area contributed by atoms with Gasteiger partial charge < -0.3 is 10.2 Å². The molecule has 4 nitrogen and oxygen atoms in total. The molecule has 1 N–H and O–H groups in total. The molecule has 0 heterocycles. The molecule has 0 spiro atoms. The molecule has 0 bridgehead atoms. The van der Waals surface area contributed by atoms with E-state index in [1.54, 1.807) is 0 Å². The molecule has 1 aliphatic rings. The molecule has 102 valence electrons. The normalized spacial score (nSPS) is 18.1. The summed E-state index contributed by atoms with van der Waals surface area (Å²) in [5.41, 5.74) is 0. The van der Waals surface area contributed by atoms with Gasteiger partial charge in [-0.2, -0.15) is 0 Å². The van der Waals surface area contributed by atoms with Crippen molar-refractivity contribution in [3.8, 4) is 0 Å². The summed E-state index contributed by atoms with van der Waals surface area (Å²) in [6.45, 7) is 3.63. The second-order valence-electron chi connectivity index (χ2n) is 5.29. The maximum absolute atomic E-state index is 11.0. The van der Waals surface area contributed by atoms with Gasteiger partial charge in [0.2, 0.25) is 0 Å². The molecule has 0 aliphatic heterocycles. The zero-order valence-electron chi connectivity index (χ0n) is 11.1. The van der Waals surface area contributed by atoms with E-state index in [1.807, 2.05) is 7.05 Å². The minimum absolute atomic E-state index is 0.256. The van der Waals surface area contributed by atoms with Crippen LogP contribution in [0.5, 0.6) is 0 Å². The van der Waals surface area contributed by atoms with Crippen molar-refractivity contribution in [1.29, 1.82) is 0 Å². The first-order valence-electron chi connectivity index (χ1n) is 6.54. The summed E-state index contributed by atoms with van der Waals surface area (Å²) in [6.07, 6.45) is 6.81. The van der Waals surface area contributed by atoms with Crippen LogP contribution in [-0.2, 0) is 9.84 Å². The second-order valence-corrected chi connectivity index (χ2v) is 7.55. The number of sulfone groups is 1. The van der Waals surface area contributed by atoms with Gasteiger partial charge in [0.05, 0.1) is 5.75 Å². The van der Waals surface area contributed by atoms with Crippen LogP contribution in [0.2, 0.25) is 0 Å². The monoisotopic (exact) mass is 262 g/mol. The van der Waals surface area contributed by atoms with E-state index in [0.29, 0.717) is 6.54 Å². The van der Waals surface area contributed by atoms with Gasteiger partial charge in [-0.05, 0) is 32.4 Å². The highest BCUT2D eigenvalue weighted by Crippen LogP contribution is 2.23. The van der Waals surface area contributed by atoms with Crippen LogP contribution in [0.4, 0.5) is 0 Å². The fourth-order valence-corrected chi connectivity index (χ4v) is 2.87. The smallest absolute Gasteiger partial charge is 0.148 e. The molecule has 1 rings (SSSR count). The molecule has 0 atom stereocenters. The van der Waals surface area contributed by atoms with Crippen molar-refractivity contribution >= 4 is 9.84 Å². The molecule has 0 aromatic carbocycles. The lowest BCUT2D eigenvalue weighted by Crippen LogP contribution is -2.34. The molecule has 0 saturated heterocycles. The second kappa shape index (κ2) is 7.34. The third-order valence-electron chi connectivity index (χ3n) is 3.42. The molecule has 0 radical (unpaired) electrons. The summed E-state index contributed by atoms with van der Waals surface area (Å²) in [7, 11) is -0.850. The molecule has 1 saturated carbocycles. The van der Waals surface area contributed by atoms with Crippen molar-refractivity contribution in [3.63, 3.8) is 0 Å². The number of hydrogen-bond donors (Lipinski definition) is 1. The number of rotatable bonds is 8. The topological polar surface area (TPSA) is 49.4 Å². The molecule has 0 aromatic heterocycles. The van der Waals surface area contributed by atoms with Gasteiger partial charge in [-0.15, -0.1) is 0 Å². The Morgan fingerprint density at radius 1 is 1.24 bits per heavy atom. The van der Waals surface area contributed by atoms with Gasteiger partial charge in [-0.25, -0.2) is 8.42 Å². The summed E-state index contributed by atoms with van der Waals surface area (Å²) in [5.74, 6) is 1.13. The maximum Gasteiger partial charge on any atom is 0.148 e. The largest absolute Gasteiger partial charge is 0.315 e. The predicted molar refractivity (Wildman–Crippen MR) is 72.0 cm³/mol. The lowest BCUT2D eigenvalue weighted by molar-refractivity contribution is 0.343. The fraction of sp³-hybridized carbons (Fsp3) is 1.00. The number of likely N-dealkylation sites (N-methyl/N-ethyl adjacent to an activating group) is 1. The first-order chi connectivity index (χ1) is 7.97. The Balaban J connectivity index is 1.98. The highest BCUT2D eigenvalue weighted by molar-refractivity contribution is 7.90. The van der Waals surface area contributed by atoms with E-state index in [1.165, 1.54) is 31.9 Å². The molecular weight excluding hydrogens is 236 g/mol. The highest BCUT2D eigenvalue weighted by Gasteiger charge is 2.13. The zero-order valence-corrected chi connectivity index (χ0v) is 11.9. The first-order valence-corrected chi connectivity index (χ1v) is 8.60. The van der Waals surface area contributed by atoms with Gasteiger partial charge in [0.15, 0.2) is 0 Å². The van der Waals surface area contributed by atoms with Crippen LogP contribution in [0, 0.1) is 5.92 Å². The molecular formula is C12H26N2O2S. The van der Waals surface area contributed by atoms with Gasteiger partial charge in [0, 0.05) is 25.9 Å². The molecule has 0 amide bonds. The maximum atomic E-state index is 11.0. The van der Waals surface area contributed by atoms with E-state index >= 15 is 0 Å². The summed E-state index contributed by atoms with van der Waals surface area (Å²) in [4.78, 5) is 2.07. The lowest BCUT2D eigenvalue weighted by atomic mass is 10.1. The fourth-order valence-electron chi connectivity index (χ4n) is 2.22. The molecule has 17 heavy (non-hydrogen) atoms. The quantitative estimate of drug-likeness (QED) is 0.656. The van der Waals surface area contributed by atoms with Crippen LogP contribution < -0.4 is 5.32 Å². The van der Waals surface area contributed by atoms with Gasteiger partial charge in [-0.3, -0.25) is 0 Å². The van der Waals surface area contributed by atoms with Crippen molar-refractivity contribution in [1.82, 2.24) is 10.2 Å². The average Bonchev–Trinajstić information content (AvgIpc) is 2.73. The van der Waals surface area contributed by atoms with Crippen LogP contribution >= 0.6 is 0 Å². The SMILES string of the molecule is CN(CCNCC1CCCC1)CCS(C)(=O)=O. The van der Waals surface area contributed by atoms with Crippen LogP contribution in [0.1, 0.15) is 25.7 Å². The van der Waals surface area contributed by atoms with Gasteiger partial charge in [0.25, 0.3) is 0 Å². The Kier molecular flexibility index (Phi) is 6.44. The van der Waals surface area contributed by atoms with Gasteiger partial charge in [0.1, 0.15) is 9.84 Å². The average molecular weight is 262 g/mol. The van der Waals surface area contributed by atoms with Crippen molar-refractivity contribution in [2.24, 2.45) is 5.92 Å². The number of nitrogens with one attached hydrogen (secondary N) is 1. The molecule has 5 heteroatoms. The summed E-state index contributed by atoms with van der Waals surface area (Å²) in [6, 6.07) is 0. The zero-order chi connectivity index (χ0) is 12.7. The Morgan fingerprint density at radius 2 is 1.88 bits per heavy atom. The van der Waals surface area contributed by atoms with Crippen molar-refractivity contribution < 1.29 is 8.42 Å². The van der Waals surface area contributed by atoms with Crippen molar-refractivity contribution in [3.05, 3.63) is 0 Å². The van der Waals surface area contributed by atoms with Crippen molar-refractivity contribution in [2.45, 2.75) is 25.7 Å². The lowest BCUT2D eigenvalue weighted by Gasteiger charge is -2.17. The van der Waals surface area contributed by atoms with Crippen LogP contribution in [-0.4, -0.2) is 58.6 Å². The van der Waals surface area contributed by atoms with E-state index in [9.17, 15) is 8.42 Å². The standard InChI is InChI=1S/C12H26N2O2S/c1-14(9-10-17(2,15)16)8-7-13-11-12-5-3-4-6-12/h12-13H,3-11H2,1-2H3. The summed E-state index contributed by atoms with van der Waals surface area (Å²) in [5, 5.41) is 3.46. The minimum Gasteiger partial charge on any atom is -0.315 e. The number of nitrogens with zero attached hydrogens (tertiary/aromatic N) is 1. The molecule has 0 unspecified atom stereocenters. The Morgan fingerprint density at radius 3 is 2.47 bits per heavy atom. The summed E-state index contributed by atoms with van der Waals surface area (Å²) >= 11 is 0. The minimum atomic E-state index is -2.82. The Labute approximate surface area is 106 Å². The van der Waals surface area contributed by atoms with Crippen molar-refractivity contribution in [2.75, 3.05) is 45.2 Å². The molecule has 0 aromatic rings. The van der Waals surface area contributed by atoms with Crippen LogP contribution in [0.3, 0.4) is 0 Å². The Hall–Kier alpha value is -0.130. The third-order valence-corrected chi connectivity index (χ3v) is 4.35. The van der Waals surface area contributed by atoms with E-state index in [-0.39, 0.29) is 5.75 Å². The third kappa shape index (κ3) is 7.73. The number of hydrogen-bond acceptors (Lipinski definition) is 4. The highest BCUT2D eigenvalue weighted by atomic mass is 32.2. The first kappa shape index (κ1) is 14.9. The summed E-state index contributed by atoms with van der Waals surface area (Å²) < 4.78 is 22.0. The molecule has 1 fully saturated rings. The predicted octanol–water partition coefficient (Wildman–Crippen LogP) is 0.743. The Bertz CT molecular complexity index is 298. The van der Waals surface area contributed by atoms with Crippen LogP contribution in [0.15, 0.2) is 0 Å². The van der Waals surface area contributed by atoms with Crippen LogP contribution in [0.25, 0.3) is 0 Å².